The van der Waals surface area contributed by atoms with Gasteiger partial charge in [0.25, 0.3) is 0 Å². The quantitative estimate of drug-likeness (QED) is 0.341. The largest absolute Gasteiger partial charge is 0.391 e. The van der Waals surface area contributed by atoms with Crippen LogP contribution in [0.2, 0.25) is 5.02 Å². The van der Waals surface area contributed by atoms with Gasteiger partial charge in [-0.05, 0) is 50.2 Å². The summed E-state index contributed by atoms with van der Waals surface area (Å²) in [6, 6.07) is 9.59. The van der Waals surface area contributed by atoms with E-state index in [9.17, 15) is 5.11 Å². The molecule has 2 N–H and O–H groups in total. The molecule has 1 fully saturated rings. The Labute approximate surface area is 210 Å². The smallest absolute Gasteiger partial charge is 0.193 e. The minimum atomic E-state index is -0.303. The van der Waals surface area contributed by atoms with Gasteiger partial charge in [0.15, 0.2) is 16.1 Å². The summed E-state index contributed by atoms with van der Waals surface area (Å²) in [4.78, 5) is 26.8. The van der Waals surface area contributed by atoms with E-state index in [0.717, 1.165) is 45.6 Å². The topological polar surface area (TPSA) is 100.0 Å². The molecule has 1 atom stereocenters. The van der Waals surface area contributed by atoms with Crippen molar-refractivity contribution in [3.8, 4) is 10.6 Å². The highest BCUT2D eigenvalue weighted by Gasteiger charge is 2.22. The van der Waals surface area contributed by atoms with Crippen LogP contribution in [0.15, 0.2) is 52.8 Å². The minimum Gasteiger partial charge on any atom is -0.391 e. The van der Waals surface area contributed by atoms with E-state index in [2.05, 4.69) is 25.3 Å². The zero-order chi connectivity index (χ0) is 23.7. The molecule has 0 unspecified atom stereocenters. The molecule has 3 aromatic heterocycles. The third kappa shape index (κ3) is 5.15. The average Bonchev–Trinajstić information content (AvgIpc) is 3.46. The molecule has 4 aromatic rings. The second-order valence-corrected chi connectivity index (χ2v) is 10.4. The fourth-order valence-corrected chi connectivity index (χ4v) is 5.45. The molecule has 34 heavy (non-hydrogen) atoms. The van der Waals surface area contributed by atoms with Gasteiger partial charge in [0, 0.05) is 29.9 Å². The van der Waals surface area contributed by atoms with Gasteiger partial charge in [0.1, 0.15) is 5.82 Å². The Kier molecular flexibility index (Phi) is 6.64. The molecule has 4 heterocycles. The number of hydrogen-bond donors (Lipinski definition) is 2. The van der Waals surface area contributed by atoms with Crippen LogP contribution in [0.4, 0.5) is 16.8 Å². The lowest BCUT2D eigenvalue weighted by Gasteiger charge is -2.17. The lowest BCUT2D eigenvalue weighted by atomic mass is 10.3. The predicted molar refractivity (Wildman–Crippen MR) is 136 cm³/mol. The van der Waals surface area contributed by atoms with Crippen LogP contribution in [0.3, 0.4) is 0 Å². The molecule has 1 aliphatic heterocycles. The van der Waals surface area contributed by atoms with Gasteiger partial charge < -0.3 is 15.3 Å². The molecular formula is C23H22ClN7OS2. The van der Waals surface area contributed by atoms with E-state index in [4.69, 9.17) is 16.6 Å². The van der Waals surface area contributed by atoms with Crippen LogP contribution < -0.4 is 10.2 Å². The van der Waals surface area contributed by atoms with Gasteiger partial charge in [0.2, 0.25) is 0 Å². The molecule has 0 spiro atoms. The van der Waals surface area contributed by atoms with Crippen molar-refractivity contribution < 1.29 is 5.11 Å². The van der Waals surface area contributed by atoms with E-state index in [1.54, 1.807) is 12.4 Å². The number of nitrogens with zero attached hydrogens (tertiary/aromatic N) is 6. The highest BCUT2D eigenvalue weighted by atomic mass is 35.5. The van der Waals surface area contributed by atoms with Gasteiger partial charge >= 0.3 is 0 Å². The molecule has 1 aliphatic rings. The van der Waals surface area contributed by atoms with E-state index >= 15 is 0 Å². The Hall–Kier alpha value is -2.79. The van der Waals surface area contributed by atoms with Crippen molar-refractivity contribution in [2.24, 2.45) is 0 Å². The summed E-state index contributed by atoms with van der Waals surface area (Å²) in [5.41, 5.74) is 2.44. The number of benzene rings is 1. The number of hydrogen-bond acceptors (Lipinski definition) is 10. The van der Waals surface area contributed by atoms with Crippen molar-refractivity contribution >= 4 is 51.5 Å². The first-order valence-corrected chi connectivity index (χ1v) is 12.7. The van der Waals surface area contributed by atoms with Crippen LogP contribution in [0.25, 0.3) is 10.6 Å². The average molecular weight is 512 g/mol. The van der Waals surface area contributed by atoms with Gasteiger partial charge in [-0.1, -0.05) is 35.1 Å². The predicted octanol–water partition coefficient (Wildman–Crippen LogP) is 5.13. The molecule has 1 aromatic carbocycles. The monoisotopic (exact) mass is 511 g/mol. The molecule has 0 radical (unpaired) electrons. The number of rotatable bonds is 6. The standard InChI is InChI=1S/C23H22ClN7OS2/c1-13-9-17(29-23(27-13)33-18-6-4-3-5-16(18)24)19-10-26-22(34-19)30-21-14(2)28-20(11-25-21)31-8-7-15(32)12-31/h3-6,9-11,15,32H,7-8,12H2,1-2H3,(H,25,26,30)/t15-/m1/s1. The molecule has 0 amide bonds. The first-order valence-electron chi connectivity index (χ1n) is 10.7. The molecule has 174 valence electrons. The van der Waals surface area contributed by atoms with Gasteiger partial charge in [-0.2, -0.15) is 0 Å². The first-order chi connectivity index (χ1) is 16.4. The van der Waals surface area contributed by atoms with Gasteiger partial charge in [-0.3, -0.25) is 0 Å². The van der Waals surface area contributed by atoms with E-state index in [0.29, 0.717) is 27.7 Å². The van der Waals surface area contributed by atoms with Gasteiger partial charge in [0.05, 0.1) is 33.6 Å². The van der Waals surface area contributed by atoms with Crippen LogP contribution in [0.5, 0.6) is 0 Å². The Morgan fingerprint density at radius 3 is 2.76 bits per heavy atom. The number of aliphatic hydroxyl groups is 1. The highest BCUT2D eigenvalue weighted by Crippen LogP contribution is 2.34. The number of thiazole rings is 1. The van der Waals surface area contributed by atoms with Crippen LogP contribution >= 0.6 is 34.7 Å². The molecular weight excluding hydrogens is 490 g/mol. The molecule has 5 rings (SSSR count). The third-order valence-corrected chi connectivity index (χ3v) is 7.59. The SMILES string of the molecule is Cc1cc(-c2cnc(Nc3ncc(N4CC[C@@H](O)C4)nc3C)s2)nc(Sc2ccccc2Cl)n1. The molecule has 11 heteroatoms. The number of β-amino-alcohol motifs (C(OH)–C–C–N with tert-alkyl or cyclic N) is 1. The fraction of sp³-hybridized carbons (Fsp3) is 0.261. The minimum absolute atomic E-state index is 0.303. The van der Waals surface area contributed by atoms with Crippen molar-refractivity contribution in [1.82, 2.24) is 24.9 Å². The number of aliphatic hydroxyl groups excluding tert-OH is 1. The molecule has 0 bridgehead atoms. The maximum absolute atomic E-state index is 9.77. The van der Waals surface area contributed by atoms with Crippen molar-refractivity contribution in [2.45, 2.75) is 36.4 Å². The van der Waals surface area contributed by atoms with Crippen LogP contribution in [0.1, 0.15) is 17.8 Å². The maximum Gasteiger partial charge on any atom is 0.193 e. The molecule has 8 nitrogen and oxygen atoms in total. The van der Waals surface area contributed by atoms with E-state index < -0.39 is 0 Å². The Balaban J connectivity index is 1.33. The zero-order valence-electron chi connectivity index (χ0n) is 18.6. The van der Waals surface area contributed by atoms with Crippen molar-refractivity contribution in [2.75, 3.05) is 23.3 Å². The van der Waals surface area contributed by atoms with Gasteiger partial charge in [-0.25, -0.2) is 24.9 Å². The number of anilines is 3. The summed E-state index contributed by atoms with van der Waals surface area (Å²) in [6.45, 7) is 5.23. The number of nitrogens with one attached hydrogen (secondary N) is 1. The normalized spacial score (nSPS) is 15.6. The van der Waals surface area contributed by atoms with E-state index in [1.165, 1.54) is 23.1 Å². The van der Waals surface area contributed by atoms with Crippen molar-refractivity contribution in [3.05, 3.63) is 59.1 Å². The Bertz CT molecular complexity index is 1330. The van der Waals surface area contributed by atoms with Crippen LogP contribution in [-0.2, 0) is 0 Å². The summed E-state index contributed by atoms with van der Waals surface area (Å²) >= 11 is 9.22. The summed E-state index contributed by atoms with van der Waals surface area (Å²) in [7, 11) is 0. The molecule has 1 saturated heterocycles. The van der Waals surface area contributed by atoms with Crippen molar-refractivity contribution in [1.29, 1.82) is 0 Å². The lowest BCUT2D eigenvalue weighted by Crippen LogP contribution is -2.22. The number of aryl methyl sites for hydroxylation is 2. The second kappa shape index (κ2) is 9.83. The highest BCUT2D eigenvalue weighted by molar-refractivity contribution is 7.99. The van der Waals surface area contributed by atoms with E-state index in [-0.39, 0.29) is 6.10 Å². The zero-order valence-corrected chi connectivity index (χ0v) is 21.0. The van der Waals surface area contributed by atoms with Crippen molar-refractivity contribution in [3.63, 3.8) is 0 Å². The summed E-state index contributed by atoms with van der Waals surface area (Å²) in [5, 5.41) is 15.0. The molecule has 0 saturated carbocycles. The summed E-state index contributed by atoms with van der Waals surface area (Å²) in [6.07, 6.45) is 3.97. The number of aromatic nitrogens is 5. The lowest BCUT2D eigenvalue weighted by molar-refractivity contribution is 0.198. The summed E-state index contributed by atoms with van der Waals surface area (Å²) in [5.74, 6) is 1.43. The Morgan fingerprint density at radius 1 is 1.15 bits per heavy atom. The Morgan fingerprint density at radius 2 is 2.00 bits per heavy atom. The maximum atomic E-state index is 9.77. The van der Waals surface area contributed by atoms with Crippen LogP contribution in [-0.4, -0.2) is 49.2 Å². The first kappa shape index (κ1) is 23.0. The second-order valence-electron chi connectivity index (χ2n) is 7.92. The third-order valence-electron chi connectivity index (χ3n) is 5.28. The van der Waals surface area contributed by atoms with Gasteiger partial charge in [-0.15, -0.1) is 0 Å². The number of halogens is 1. The van der Waals surface area contributed by atoms with E-state index in [1.807, 2.05) is 49.1 Å². The van der Waals surface area contributed by atoms with Crippen LogP contribution in [0, 0.1) is 13.8 Å². The summed E-state index contributed by atoms with van der Waals surface area (Å²) < 4.78 is 0. The fourth-order valence-electron chi connectivity index (χ4n) is 3.58. The molecule has 0 aliphatic carbocycles.